The van der Waals surface area contributed by atoms with Crippen molar-refractivity contribution in [2.24, 2.45) is 0 Å². The number of nitrogens with zero attached hydrogens (tertiary/aromatic N) is 3. The third-order valence-corrected chi connectivity index (χ3v) is 5.58. The minimum absolute atomic E-state index is 0.00758. The van der Waals surface area contributed by atoms with E-state index >= 15 is 0 Å². The number of imidazole rings is 1. The average molecular weight is 375 g/mol. The lowest BCUT2D eigenvalue weighted by Crippen LogP contribution is -2.32. The van der Waals surface area contributed by atoms with Crippen molar-refractivity contribution >= 4 is 11.0 Å². The highest BCUT2D eigenvalue weighted by Crippen LogP contribution is 2.43. The SMILES string of the molecule is CCn1c(=O)n2c3c(c(-c4c(C)noc4C)ccc31)OCC2c1ccccc1. The molecule has 5 rings (SSSR count). The monoisotopic (exact) mass is 375 g/mol. The number of ether oxygens (including phenoxy) is 1. The van der Waals surface area contributed by atoms with E-state index in [9.17, 15) is 4.79 Å². The van der Waals surface area contributed by atoms with E-state index in [-0.39, 0.29) is 11.7 Å². The number of hydrogen-bond acceptors (Lipinski definition) is 4. The molecule has 0 bridgehead atoms. The first-order valence-corrected chi connectivity index (χ1v) is 9.50. The Morgan fingerprint density at radius 3 is 2.61 bits per heavy atom. The maximum absolute atomic E-state index is 13.3. The fourth-order valence-corrected chi connectivity index (χ4v) is 4.30. The van der Waals surface area contributed by atoms with Crippen molar-refractivity contribution in [2.45, 2.75) is 33.4 Å². The van der Waals surface area contributed by atoms with Gasteiger partial charge in [-0.2, -0.15) is 0 Å². The smallest absolute Gasteiger partial charge is 0.329 e. The van der Waals surface area contributed by atoms with Crippen molar-refractivity contribution in [1.82, 2.24) is 14.3 Å². The molecule has 0 saturated carbocycles. The molecule has 0 fully saturated rings. The molecule has 28 heavy (non-hydrogen) atoms. The highest BCUT2D eigenvalue weighted by atomic mass is 16.5. The summed E-state index contributed by atoms with van der Waals surface area (Å²) >= 11 is 0. The molecule has 1 unspecified atom stereocenters. The van der Waals surface area contributed by atoms with Crippen LogP contribution in [0.3, 0.4) is 0 Å². The molecule has 1 atom stereocenters. The zero-order valence-electron chi connectivity index (χ0n) is 16.1. The Bertz CT molecular complexity index is 1230. The Hall–Kier alpha value is -3.28. The standard InChI is InChI=1S/C22H21N3O3/c1-4-24-17-11-10-16(19-13(2)23-28-14(19)3)21-20(17)25(22(24)26)18(12-27-21)15-8-6-5-7-9-15/h5-11,18H,4,12H2,1-3H3. The van der Waals surface area contributed by atoms with Gasteiger partial charge in [-0.25, -0.2) is 4.79 Å². The molecule has 2 aromatic carbocycles. The van der Waals surface area contributed by atoms with Crippen molar-refractivity contribution in [1.29, 1.82) is 0 Å². The number of hydrogen-bond donors (Lipinski definition) is 0. The second-order valence-electron chi connectivity index (χ2n) is 7.14. The second kappa shape index (κ2) is 6.12. The van der Waals surface area contributed by atoms with Crippen LogP contribution in [-0.4, -0.2) is 20.9 Å². The van der Waals surface area contributed by atoms with E-state index in [1.54, 1.807) is 4.57 Å². The van der Waals surface area contributed by atoms with Gasteiger partial charge in [0, 0.05) is 12.1 Å². The summed E-state index contributed by atoms with van der Waals surface area (Å²) in [5.41, 5.74) is 5.43. The van der Waals surface area contributed by atoms with Crippen LogP contribution in [0.25, 0.3) is 22.2 Å². The van der Waals surface area contributed by atoms with Crippen LogP contribution in [0.4, 0.5) is 0 Å². The van der Waals surface area contributed by atoms with E-state index in [0.29, 0.717) is 13.2 Å². The molecule has 1 aliphatic rings. The summed E-state index contributed by atoms with van der Waals surface area (Å²) in [4.78, 5) is 13.3. The molecule has 0 N–H and O–H groups in total. The van der Waals surface area contributed by atoms with Crippen LogP contribution in [0.15, 0.2) is 51.8 Å². The van der Waals surface area contributed by atoms with Crippen LogP contribution in [0, 0.1) is 13.8 Å². The lowest BCUT2D eigenvalue weighted by Gasteiger charge is -2.27. The molecule has 0 spiro atoms. The Morgan fingerprint density at radius 1 is 1.14 bits per heavy atom. The highest BCUT2D eigenvalue weighted by molar-refractivity contribution is 5.92. The average Bonchev–Trinajstić information content (AvgIpc) is 3.20. The number of benzene rings is 2. The normalized spacial score (nSPS) is 15.8. The van der Waals surface area contributed by atoms with Crippen LogP contribution < -0.4 is 10.4 Å². The third kappa shape index (κ3) is 2.21. The highest BCUT2D eigenvalue weighted by Gasteiger charge is 2.31. The van der Waals surface area contributed by atoms with Gasteiger partial charge in [-0.1, -0.05) is 35.5 Å². The van der Waals surface area contributed by atoms with Gasteiger partial charge < -0.3 is 9.26 Å². The maximum atomic E-state index is 13.3. The minimum atomic E-state index is -0.156. The van der Waals surface area contributed by atoms with E-state index in [4.69, 9.17) is 9.26 Å². The van der Waals surface area contributed by atoms with E-state index in [0.717, 1.165) is 44.9 Å². The molecule has 6 heteroatoms. The zero-order valence-corrected chi connectivity index (χ0v) is 16.1. The van der Waals surface area contributed by atoms with Crippen LogP contribution in [0.1, 0.15) is 30.0 Å². The van der Waals surface area contributed by atoms with E-state index in [1.165, 1.54) is 0 Å². The fourth-order valence-electron chi connectivity index (χ4n) is 4.30. The van der Waals surface area contributed by atoms with E-state index in [2.05, 4.69) is 5.16 Å². The predicted molar refractivity (Wildman–Crippen MR) is 107 cm³/mol. The van der Waals surface area contributed by atoms with Gasteiger partial charge in [0.05, 0.1) is 22.8 Å². The number of aromatic nitrogens is 3. The second-order valence-corrected chi connectivity index (χ2v) is 7.14. The molecule has 0 saturated heterocycles. The van der Waals surface area contributed by atoms with Crippen molar-refractivity contribution in [3.8, 4) is 16.9 Å². The molecule has 4 aromatic rings. The summed E-state index contributed by atoms with van der Waals surface area (Å²) in [6.45, 7) is 6.81. The first-order chi connectivity index (χ1) is 13.6. The van der Waals surface area contributed by atoms with Gasteiger partial charge in [0.1, 0.15) is 17.9 Å². The quantitative estimate of drug-likeness (QED) is 0.541. The molecule has 3 heterocycles. The van der Waals surface area contributed by atoms with E-state index < -0.39 is 0 Å². The molecular formula is C22H21N3O3. The summed E-state index contributed by atoms with van der Waals surface area (Å²) in [5.74, 6) is 1.47. The van der Waals surface area contributed by atoms with Crippen molar-refractivity contribution < 1.29 is 9.26 Å². The van der Waals surface area contributed by atoms with Crippen molar-refractivity contribution in [2.75, 3.05) is 6.61 Å². The maximum Gasteiger partial charge on any atom is 0.329 e. The van der Waals surface area contributed by atoms with Gasteiger partial charge in [-0.15, -0.1) is 0 Å². The lowest BCUT2D eigenvalue weighted by atomic mass is 10.00. The van der Waals surface area contributed by atoms with Crippen LogP contribution in [-0.2, 0) is 6.54 Å². The van der Waals surface area contributed by atoms with Gasteiger partial charge in [0.15, 0.2) is 5.75 Å². The summed E-state index contributed by atoms with van der Waals surface area (Å²) in [7, 11) is 0. The van der Waals surface area contributed by atoms with Crippen molar-refractivity contribution in [3.05, 3.63) is 70.0 Å². The molecule has 0 radical (unpaired) electrons. The minimum Gasteiger partial charge on any atom is -0.488 e. The van der Waals surface area contributed by atoms with Crippen LogP contribution in [0.5, 0.6) is 5.75 Å². The van der Waals surface area contributed by atoms with E-state index in [1.807, 2.05) is 67.8 Å². The molecule has 1 aliphatic heterocycles. The molecule has 6 nitrogen and oxygen atoms in total. The first kappa shape index (κ1) is 16.9. The fraction of sp³-hybridized carbons (Fsp3) is 0.273. The summed E-state index contributed by atoms with van der Waals surface area (Å²) in [5, 5.41) is 4.09. The van der Waals surface area contributed by atoms with Gasteiger partial charge in [-0.3, -0.25) is 9.13 Å². The topological polar surface area (TPSA) is 62.2 Å². The predicted octanol–water partition coefficient (Wildman–Crippen LogP) is 4.08. The summed E-state index contributed by atoms with van der Waals surface area (Å²) < 4.78 is 15.4. The van der Waals surface area contributed by atoms with Crippen LogP contribution >= 0.6 is 0 Å². The van der Waals surface area contributed by atoms with Crippen LogP contribution in [0.2, 0.25) is 0 Å². The Morgan fingerprint density at radius 2 is 1.93 bits per heavy atom. The largest absolute Gasteiger partial charge is 0.488 e. The summed E-state index contributed by atoms with van der Waals surface area (Å²) in [6.07, 6.45) is 0. The molecule has 0 amide bonds. The molecule has 0 aliphatic carbocycles. The lowest BCUT2D eigenvalue weighted by molar-refractivity contribution is 0.256. The van der Waals surface area contributed by atoms with Gasteiger partial charge >= 0.3 is 5.69 Å². The zero-order chi connectivity index (χ0) is 19.4. The first-order valence-electron chi connectivity index (χ1n) is 9.50. The van der Waals surface area contributed by atoms with Gasteiger partial charge in [0.25, 0.3) is 0 Å². The third-order valence-electron chi connectivity index (χ3n) is 5.58. The van der Waals surface area contributed by atoms with Crippen molar-refractivity contribution in [3.63, 3.8) is 0 Å². The molecular weight excluding hydrogens is 354 g/mol. The number of aryl methyl sites for hydroxylation is 3. The summed E-state index contributed by atoms with van der Waals surface area (Å²) in [6, 6.07) is 13.9. The van der Waals surface area contributed by atoms with Gasteiger partial charge in [0.2, 0.25) is 0 Å². The Kier molecular flexibility index (Phi) is 3.69. The number of rotatable bonds is 3. The van der Waals surface area contributed by atoms with Gasteiger partial charge in [-0.05, 0) is 38.5 Å². The Balaban J connectivity index is 1.86. The molecule has 142 valence electrons. The molecule has 2 aromatic heterocycles. The Labute approximate surface area is 162 Å².